The van der Waals surface area contributed by atoms with Gasteiger partial charge in [0.1, 0.15) is 0 Å². The average molecular weight is 307 g/mol. The van der Waals surface area contributed by atoms with E-state index in [1.807, 2.05) is 36.9 Å². The highest BCUT2D eigenvalue weighted by Gasteiger charge is 2.14. The van der Waals surface area contributed by atoms with Crippen LogP contribution in [0.4, 0.5) is 5.69 Å². The van der Waals surface area contributed by atoms with E-state index in [9.17, 15) is 0 Å². The number of nitrogens with zero attached hydrogens (tertiary/aromatic N) is 3. The van der Waals surface area contributed by atoms with E-state index >= 15 is 0 Å². The number of para-hydroxylation sites is 1. The van der Waals surface area contributed by atoms with Gasteiger partial charge >= 0.3 is 0 Å². The van der Waals surface area contributed by atoms with Crippen LogP contribution in [0.2, 0.25) is 0 Å². The predicted molar refractivity (Wildman–Crippen MR) is 88.2 cm³/mol. The van der Waals surface area contributed by atoms with Crippen LogP contribution in [0, 0.1) is 6.92 Å². The van der Waals surface area contributed by atoms with Gasteiger partial charge in [-0.05, 0) is 19.4 Å². The first-order valence-electron chi connectivity index (χ1n) is 6.79. The highest BCUT2D eigenvalue weighted by atomic mass is 35.5. The molecule has 2 heterocycles. The van der Waals surface area contributed by atoms with Crippen LogP contribution in [-0.2, 0) is 7.05 Å². The lowest BCUT2D eigenvalue weighted by molar-refractivity contribution is 0.292. The summed E-state index contributed by atoms with van der Waals surface area (Å²) in [6.07, 6.45) is 0.720. The first-order valence-corrected chi connectivity index (χ1v) is 6.79. The van der Waals surface area contributed by atoms with Gasteiger partial charge in [0.15, 0.2) is 5.65 Å². The predicted octanol–water partition coefficient (Wildman–Crippen LogP) is 2.65. The third-order valence-corrected chi connectivity index (χ3v) is 3.48. The lowest BCUT2D eigenvalue weighted by atomic mass is 10.1. The number of aryl methyl sites for hydroxylation is 2. The number of halogens is 1. The Labute approximate surface area is 129 Å². The third kappa shape index (κ3) is 2.66. The fraction of sp³-hybridized carbons (Fsp3) is 0.333. The Morgan fingerprint density at radius 2 is 2.05 bits per heavy atom. The monoisotopic (exact) mass is 306 g/mol. The minimum absolute atomic E-state index is 0. The van der Waals surface area contributed by atoms with Crippen molar-refractivity contribution >= 4 is 40.0 Å². The van der Waals surface area contributed by atoms with E-state index in [0.29, 0.717) is 0 Å². The molecule has 0 aliphatic carbocycles. The molecule has 0 saturated heterocycles. The summed E-state index contributed by atoms with van der Waals surface area (Å²) in [5.41, 5.74) is 3.86. The van der Waals surface area contributed by atoms with Crippen LogP contribution in [0.1, 0.15) is 12.1 Å². The van der Waals surface area contributed by atoms with Crippen molar-refractivity contribution in [3.63, 3.8) is 0 Å². The van der Waals surface area contributed by atoms with E-state index in [0.717, 1.165) is 46.3 Å². The second-order valence-corrected chi connectivity index (χ2v) is 4.92. The summed E-state index contributed by atoms with van der Waals surface area (Å²) in [4.78, 5) is 4.70. The molecule has 0 aliphatic rings. The van der Waals surface area contributed by atoms with Crippen molar-refractivity contribution in [1.29, 1.82) is 0 Å². The fourth-order valence-corrected chi connectivity index (χ4v) is 2.57. The Morgan fingerprint density at radius 3 is 2.81 bits per heavy atom. The van der Waals surface area contributed by atoms with E-state index in [1.165, 1.54) is 0 Å². The number of rotatable bonds is 4. The maximum atomic E-state index is 8.96. The van der Waals surface area contributed by atoms with Crippen molar-refractivity contribution in [2.24, 2.45) is 7.05 Å². The Kier molecular flexibility index (Phi) is 4.65. The molecule has 0 radical (unpaired) electrons. The standard InChI is InChI=1S/C15H18N4O.ClH/c1-10-13-14(16-8-5-9-20)11-6-3-4-7-12(11)17-15(13)19(2)18-10;/h3-4,6-7,20H,5,8-9H2,1-2H3,(H,16,17);1H. The molecule has 6 heteroatoms. The van der Waals surface area contributed by atoms with Crippen LogP contribution in [-0.4, -0.2) is 33.0 Å². The SMILES string of the molecule is Cc1nn(C)c2nc3ccccc3c(NCCCO)c12.Cl. The number of aliphatic hydroxyl groups is 1. The van der Waals surface area contributed by atoms with Crippen LogP contribution in [0.3, 0.4) is 0 Å². The Balaban J connectivity index is 0.00000161. The van der Waals surface area contributed by atoms with Gasteiger partial charge in [-0.25, -0.2) is 4.98 Å². The molecule has 0 amide bonds. The fourth-order valence-electron chi connectivity index (χ4n) is 2.57. The zero-order valence-corrected chi connectivity index (χ0v) is 12.9. The summed E-state index contributed by atoms with van der Waals surface area (Å²) >= 11 is 0. The Hall–Kier alpha value is -1.85. The maximum Gasteiger partial charge on any atom is 0.160 e. The van der Waals surface area contributed by atoms with Crippen molar-refractivity contribution in [2.45, 2.75) is 13.3 Å². The van der Waals surface area contributed by atoms with Gasteiger partial charge in [-0.2, -0.15) is 5.10 Å². The van der Waals surface area contributed by atoms with Crippen LogP contribution in [0.5, 0.6) is 0 Å². The summed E-state index contributed by atoms with van der Waals surface area (Å²) in [7, 11) is 1.91. The Morgan fingerprint density at radius 1 is 1.29 bits per heavy atom. The van der Waals surface area contributed by atoms with E-state index in [2.05, 4.69) is 16.5 Å². The first kappa shape index (κ1) is 15.5. The minimum Gasteiger partial charge on any atom is -0.396 e. The molecule has 2 N–H and O–H groups in total. The number of benzene rings is 1. The number of nitrogens with one attached hydrogen (secondary N) is 1. The van der Waals surface area contributed by atoms with Crippen molar-refractivity contribution in [2.75, 3.05) is 18.5 Å². The van der Waals surface area contributed by atoms with Gasteiger partial charge in [0, 0.05) is 25.6 Å². The molecule has 0 aliphatic heterocycles. The topological polar surface area (TPSA) is 63.0 Å². The number of hydrogen-bond donors (Lipinski definition) is 2. The van der Waals surface area contributed by atoms with E-state index in [1.54, 1.807) is 0 Å². The molecule has 112 valence electrons. The van der Waals surface area contributed by atoms with E-state index in [4.69, 9.17) is 10.1 Å². The van der Waals surface area contributed by atoms with Crippen LogP contribution in [0.25, 0.3) is 21.9 Å². The molecule has 3 aromatic rings. The molecular formula is C15H19ClN4O. The highest BCUT2D eigenvalue weighted by Crippen LogP contribution is 2.32. The van der Waals surface area contributed by atoms with Crippen LogP contribution in [0.15, 0.2) is 24.3 Å². The van der Waals surface area contributed by atoms with Gasteiger partial charge in [0.2, 0.25) is 0 Å². The first-order chi connectivity index (χ1) is 9.72. The van der Waals surface area contributed by atoms with Gasteiger partial charge < -0.3 is 10.4 Å². The van der Waals surface area contributed by atoms with E-state index in [-0.39, 0.29) is 19.0 Å². The summed E-state index contributed by atoms with van der Waals surface area (Å²) in [5, 5.41) is 19.0. The van der Waals surface area contributed by atoms with Crippen molar-refractivity contribution < 1.29 is 5.11 Å². The van der Waals surface area contributed by atoms with Crippen LogP contribution < -0.4 is 5.32 Å². The molecule has 0 spiro atoms. The smallest absolute Gasteiger partial charge is 0.160 e. The third-order valence-electron chi connectivity index (χ3n) is 3.48. The summed E-state index contributed by atoms with van der Waals surface area (Å²) in [6, 6.07) is 8.07. The van der Waals surface area contributed by atoms with Crippen molar-refractivity contribution in [3.8, 4) is 0 Å². The molecule has 0 bridgehead atoms. The van der Waals surface area contributed by atoms with Gasteiger partial charge in [-0.1, -0.05) is 18.2 Å². The lowest BCUT2D eigenvalue weighted by Gasteiger charge is -2.11. The van der Waals surface area contributed by atoms with Crippen molar-refractivity contribution in [3.05, 3.63) is 30.0 Å². The highest BCUT2D eigenvalue weighted by molar-refractivity contribution is 6.07. The molecule has 2 aromatic heterocycles. The maximum absolute atomic E-state index is 8.96. The second kappa shape index (κ2) is 6.28. The minimum atomic E-state index is 0. The number of anilines is 1. The molecule has 0 unspecified atom stereocenters. The zero-order chi connectivity index (χ0) is 14.1. The summed E-state index contributed by atoms with van der Waals surface area (Å²) in [6.45, 7) is 2.91. The molecule has 21 heavy (non-hydrogen) atoms. The van der Waals surface area contributed by atoms with Crippen molar-refractivity contribution in [1.82, 2.24) is 14.8 Å². The summed E-state index contributed by atoms with van der Waals surface area (Å²) < 4.78 is 1.81. The quantitative estimate of drug-likeness (QED) is 0.727. The van der Waals surface area contributed by atoms with Gasteiger partial charge in [0.05, 0.1) is 22.3 Å². The van der Waals surface area contributed by atoms with E-state index < -0.39 is 0 Å². The Bertz CT molecular complexity index is 769. The molecule has 0 saturated carbocycles. The van der Waals surface area contributed by atoms with Gasteiger partial charge in [-0.15, -0.1) is 12.4 Å². The number of pyridine rings is 1. The molecular weight excluding hydrogens is 288 g/mol. The molecule has 0 fully saturated rings. The average Bonchev–Trinajstić information content (AvgIpc) is 2.73. The number of hydrogen-bond acceptors (Lipinski definition) is 4. The molecule has 0 atom stereocenters. The molecule has 3 rings (SSSR count). The van der Waals surface area contributed by atoms with Gasteiger partial charge in [0.25, 0.3) is 0 Å². The van der Waals surface area contributed by atoms with Crippen LogP contribution >= 0.6 is 12.4 Å². The van der Waals surface area contributed by atoms with Gasteiger partial charge in [-0.3, -0.25) is 4.68 Å². The largest absolute Gasteiger partial charge is 0.396 e. The lowest BCUT2D eigenvalue weighted by Crippen LogP contribution is -2.05. The normalized spacial score (nSPS) is 10.8. The summed E-state index contributed by atoms with van der Waals surface area (Å²) in [5.74, 6) is 0. The number of fused-ring (bicyclic) bond motifs is 2. The number of aliphatic hydroxyl groups excluding tert-OH is 1. The molecule has 1 aromatic carbocycles. The second-order valence-electron chi connectivity index (χ2n) is 4.92. The zero-order valence-electron chi connectivity index (χ0n) is 12.1. The molecule has 5 nitrogen and oxygen atoms in total. The number of aromatic nitrogens is 3.